The Labute approximate surface area is 187 Å². The fourth-order valence-electron chi connectivity index (χ4n) is 4.54. The van der Waals surface area contributed by atoms with E-state index in [0.29, 0.717) is 44.1 Å². The van der Waals surface area contributed by atoms with E-state index in [9.17, 15) is 9.59 Å². The van der Waals surface area contributed by atoms with Gasteiger partial charge in [0.25, 0.3) is 5.91 Å². The monoisotopic (exact) mass is 426 g/mol. The number of rotatable bonds is 3. The summed E-state index contributed by atoms with van der Waals surface area (Å²) >= 11 is 0. The Morgan fingerprint density at radius 2 is 1.66 bits per heavy atom. The van der Waals surface area contributed by atoms with Crippen LogP contribution in [0, 0.1) is 6.92 Å². The number of Topliss-reactive ketones (excluding diaryl/α,β-unsaturated/α-hetero) is 1. The predicted molar refractivity (Wildman–Crippen MR) is 123 cm³/mol. The highest BCUT2D eigenvalue weighted by molar-refractivity contribution is 5.98. The average molecular weight is 427 g/mol. The molecular formula is C26H26N4O2. The van der Waals surface area contributed by atoms with Crippen molar-refractivity contribution in [1.82, 2.24) is 14.9 Å². The van der Waals surface area contributed by atoms with Gasteiger partial charge >= 0.3 is 0 Å². The maximum atomic E-state index is 12.8. The SMILES string of the molecule is Cc1ccc(C(=O)N2CCN(c3ncc4c(n3)CC(c3ccccc3)CC4=O)CC2)cc1. The molecule has 1 atom stereocenters. The molecule has 0 bridgehead atoms. The van der Waals surface area contributed by atoms with Gasteiger partial charge in [0, 0.05) is 44.4 Å². The van der Waals surface area contributed by atoms with Crippen molar-refractivity contribution in [3.63, 3.8) is 0 Å². The van der Waals surface area contributed by atoms with E-state index in [1.54, 1.807) is 6.20 Å². The van der Waals surface area contributed by atoms with Gasteiger partial charge in [-0.2, -0.15) is 0 Å². The molecule has 1 amide bonds. The van der Waals surface area contributed by atoms with Gasteiger partial charge in [0.1, 0.15) is 0 Å². The minimum atomic E-state index is 0.0623. The van der Waals surface area contributed by atoms with E-state index >= 15 is 0 Å². The van der Waals surface area contributed by atoms with Crippen LogP contribution < -0.4 is 4.90 Å². The minimum Gasteiger partial charge on any atom is -0.337 e. The molecule has 1 aliphatic carbocycles. The first-order chi connectivity index (χ1) is 15.6. The number of amides is 1. The van der Waals surface area contributed by atoms with Crippen LogP contribution in [0.5, 0.6) is 0 Å². The number of carbonyl (C=O) groups excluding carboxylic acids is 2. The molecule has 0 saturated carbocycles. The number of anilines is 1. The maximum Gasteiger partial charge on any atom is 0.253 e. The van der Waals surface area contributed by atoms with Crippen molar-refractivity contribution in [1.29, 1.82) is 0 Å². The number of aromatic nitrogens is 2. The van der Waals surface area contributed by atoms with E-state index in [0.717, 1.165) is 23.2 Å². The number of piperazine rings is 1. The fraction of sp³-hybridized carbons (Fsp3) is 0.308. The third kappa shape index (κ3) is 4.00. The number of nitrogens with zero attached hydrogens (tertiary/aromatic N) is 4. The largest absolute Gasteiger partial charge is 0.337 e. The highest BCUT2D eigenvalue weighted by Crippen LogP contribution is 2.32. The molecule has 2 aliphatic rings. The van der Waals surface area contributed by atoms with E-state index in [1.807, 2.05) is 54.3 Å². The lowest BCUT2D eigenvalue weighted by Crippen LogP contribution is -2.49. The van der Waals surface area contributed by atoms with Crippen LogP contribution in [-0.4, -0.2) is 52.7 Å². The summed E-state index contributed by atoms with van der Waals surface area (Å²) < 4.78 is 0. The number of ketones is 1. The Balaban J connectivity index is 1.28. The first kappa shape index (κ1) is 20.4. The summed E-state index contributed by atoms with van der Waals surface area (Å²) in [6.45, 7) is 4.61. The first-order valence-corrected chi connectivity index (χ1v) is 11.1. The molecule has 0 spiro atoms. The smallest absolute Gasteiger partial charge is 0.253 e. The molecule has 5 rings (SSSR count). The Morgan fingerprint density at radius 1 is 0.938 bits per heavy atom. The van der Waals surface area contributed by atoms with Gasteiger partial charge in [0.05, 0.1) is 11.3 Å². The quantitative estimate of drug-likeness (QED) is 0.640. The predicted octanol–water partition coefficient (Wildman–Crippen LogP) is 3.66. The molecular weight excluding hydrogens is 400 g/mol. The zero-order chi connectivity index (χ0) is 22.1. The topological polar surface area (TPSA) is 66.4 Å². The lowest BCUT2D eigenvalue weighted by molar-refractivity contribution is 0.0745. The highest BCUT2D eigenvalue weighted by atomic mass is 16.2. The molecule has 2 heterocycles. The van der Waals surface area contributed by atoms with Crippen LogP contribution in [0.3, 0.4) is 0 Å². The summed E-state index contributed by atoms with van der Waals surface area (Å²) in [6, 6.07) is 17.9. The number of hydrogen-bond donors (Lipinski definition) is 0. The molecule has 0 radical (unpaired) electrons. The van der Waals surface area contributed by atoms with Crippen molar-refractivity contribution < 1.29 is 9.59 Å². The van der Waals surface area contributed by atoms with Crippen LogP contribution in [-0.2, 0) is 6.42 Å². The van der Waals surface area contributed by atoms with Crippen molar-refractivity contribution >= 4 is 17.6 Å². The number of carbonyl (C=O) groups is 2. The lowest BCUT2D eigenvalue weighted by atomic mass is 9.82. The van der Waals surface area contributed by atoms with Crippen LogP contribution in [0.15, 0.2) is 60.8 Å². The Morgan fingerprint density at radius 3 is 2.38 bits per heavy atom. The van der Waals surface area contributed by atoms with Gasteiger partial charge in [0.2, 0.25) is 5.95 Å². The highest BCUT2D eigenvalue weighted by Gasteiger charge is 2.29. The number of benzene rings is 2. The molecule has 6 heteroatoms. The summed E-state index contributed by atoms with van der Waals surface area (Å²) in [5, 5.41) is 0. The van der Waals surface area contributed by atoms with Gasteiger partial charge in [-0.05, 0) is 37.0 Å². The molecule has 2 aromatic carbocycles. The van der Waals surface area contributed by atoms with E-state index < -0.39 is 0 Å². The summed E-state index contributed by atoms with van der Waals surface area (Å²) in [5.41, 5.74) is 4.52. The molecule has 0 N–H and O–H groups in total. The van der Waals surface area contributed by atoms with Crippen molar-refractivity contribution in [3.8, 4) is 0 Å². The fourth-order valence-corrected chi connectivity index (χ4v) is 4.54. The number of fused-ring (bicyclic) bond motifs is 1. The van der Waals surface area contributed by atoms with E-state index in [4.69, 9.17) is 4.98 Å². The van der Waals surface area contributed by atoms with Crippen LogP contribution in [0.25, 0.3) is 0 Å². The van der Waals surface area contributed by atoms with Gasteiger partial charge < -0.3 is 9.80 Å². The van der Waals surface area contributed by atoms with Crippen molar-refractivity contribution in [2.75, 3.05) is 31.1 Å². The summed E-state index contributed by atoms with van der Waals surface area (Å²) in [7, 11) is 0. The third-order valence-electron chi connectivity index (χ3n) is 6.45. The van der Waals surface area contributed by atoms with Crippen molar-refractivity contribution in [2.24, 2.45) is 0 Å². The molecule has 1 unspecified atom stereocenters. The average Bonchev–Trinajstić information content (AvgIpc) is 2.84. The van der Waals surface area contributed by atoms with Gasteiger partial charge in [-0.1, -0.05) is 48.0 Å². The van der Waals surface area contributed by atoms with Crippen LogP contribution in [0.2, 0.25) is 0 Å². The summed E-state index contributed by atoms with van der Waals surface area (Å²) in [5.74, 6) is 0.975. The van der Waals surface area contributed by atoms with Crippen LogP contribution >= 0.6 is 0 Å². The minimum absolute atomic E-state index is 0.0623. The zero-order valence-electron chi connectivity index (χ0n) is 18.2. The normalized spacial score (nSPS) is 18.4. The second-order valence-electron chi connectivity index (χ2n) is 8.61. The molecule has 162 valence electrons. The van der Waals surface area contributed by atoms with E-state index in [-0.39, 0.29) is 17.6 Å². The lowest BCUT2D eigenvalue weighted by Gasteiger charge is -2.35. The molecule has 1 aliphatic heterocycles. The van der Waals surface area contributed by atoms with Crippen LogP contribution in [0.1, 0.15) is 49.9 Å². The van der Waals surface area contributed by atoms with Gasteiger partial charge in [-0.15, -0.1) is 0 Å². The molecule has 1 fully saturated rings. The van der Waals surface area contributed by atoms with E-state index in [2.05, 4.69) is 22.0 Å². The standard InChI is InChI=1S/C26H26N4O2/c1-18-7-9-20(10-8-18)25(32)29-11-13-30(14-12-29)26-27-17-22-23(28-26)15-21(16-24(22)31)19-5-3-2-4-6-19/h2-10,17,21H,11-16H2,1H3. The van der Waals surface area contributed by atoms with E-state index in [1.165, 1.54) is 5.56 Å². The van der Waals surface area contributed by atoms with Gasteiger partial charge in [-0.3, -0.25) is 9.59 Å². The van der Waals surface area contributed by atoms with Gasteiger partial charge in [-0.25, -0.2) is 9.97 Å². The second-order valence-corrected chi connectivity index (χ2v) is 8.61. The Bertz CT molecular complexity index is 1140. The van der Waals surface area contributed by atoms with Crippen LogP contribution in [0.4, 0.5) is 5.95 Å². The third-order valence-corrected chi connectivity index (χ3v) is 6.45. The second kappa shape index (κ2) is 8.54. The Kier molecular flexibility index (Phi) is 5.43. The molecule has 1 aromatic heterocycles. The summed E-state index contributed by atoms with van der Waals surface area (Å²) in [4.78, 5) is 38.8. The molecule has 3 aromatic rings. The molecule has 32 heavy (non-hydrogen) atoms. The van der Waals surface area contributed by atoms with Crippen molar-refractivity contribution in [3.05, 3.63) is 88.7 Å². The first-order valence-electron chi connectivity index (χ1n) is 11.1. The maximum absolute atomic E-state index is 12.8. The summed E-state index contributed by atoms with van der Waals surface area (Å²) in [6.07, 6.45) is 2.93. The zero-order valence-corrected chi connectivity index (χ0v) is 18.2. The number of hydrogen-bond acceptors (Lipinski definition) is 5. The van der Waals surface area contributed by atoms with Crippen molar-refractivity contribution in [2.45, 2.75) is 25.7 Å². The number of aryl methyl sites for hydroxylation is 1. The molecule has 6 nitrogen and oxygen atoms in total. The Hall–Kier alpha value is -3.54. The molecule has 1 saturated heterocycles. The van der Waals surface area contributed by atoms with Gasteiger partial charge in [0.15, 0.2) is 5.78 Å².